The summed E-state index contributed by atoms with van der Waals surface area (Å²) in [6, 6.07) is 1.80. The molecule has 42 heavy (non-hydrogen) atoms. The fourth-order valence-electron chi connectivity index (χ4n) is 9.48. The molecule has 1 aromatic rings. The maximum absolute atomic E-state index is 13.8. The summed E-state index contributed by atoms with van der Waals surface area (Å²) in [7, 11) is 0. The van der Waals surface area contributed by atoms with Crippen LogP contribution >= 0.6 is 0 Å². The topological polar surface area (TPSA) is 129 Å². The quantitative estimate of drug-likeness (QED) is 0.302. The first-order valence-corrected chi connectivity index (χ1v) is 14.7. The fraction of sp³-hybridized carbons (Fsp3) is 0.636. The molecule has 3 fully saturated rings. The monoisotopic (exact) mass is 582 g/mol. The van der Waals surface area contributed by atoms with Gasteiger partial charge in [-0.3, -0.25) is 14.4 Å². The number of furan rings is 1. The minimum atomic E-state index is -1.32. The van der Waals surface area contributed by atoms with Gasteiger partial charge in [-0.15, -0.1) is 0 Å². The van der Waals surface area contributed by atoms with Crippen molar-refractivity contribution in [1.82, 2.24) is 0 Å². The Morgan fingerprint density at radius 2 is 1.79 bits per heavy atom. The summed E-state index contributed by atoms with van der Waals surface area (Å²) >= 11 is 0. The molecular formula is C33H42O9. The van der Waals surface area contributed by atoms with Gasteiger partial charge in [-0.1, -0.05) is 26.8 Å². The lowest BCUT2D eigenvalue weighted by molar-refractivity contribution is -0.265. The number of esters is 3. The molecule has 2 heterocycles. The third-order valence-corrected chi connectivity index (χ3v) is 11.1. The van der Waals surface area contributed by atoms with Crippen molar-refractivity contribution >= 4 is 23.7 Å². The number of ketones is 1. The van der Waals surface area contributed by atoms with Gasteiger partial charge >= 0.3 is 17.9 Å². The van der Waals surface area contributed by atoms with E-state index in [9.17, 15) is 24.3 Å². The van der Waals surface area contributed by atoms with Crippen LogP contribution in [0.2, 0.25) is 0 Å². The van der Waals surface area contributed by atoms with Crippen molar-refractivity contribution in [3.05, 3.63) is 47.5 Å². The molecule has 2 saturated carbocycles. The summed E-state index contributed by atoms with van der Waals surface area (Å²) in [5.41, 5.74) is -1.97. The molecule has 0 unspecified atom stereocenters. The first kappa shape index (κ1) is 30.3. The Bertz CT molecular complexity index is 1370. The van der Waals surface area contributed by atoms with Crippen LogP contribution < -0.4 is 0 Å². The number of carbonyl (C=O) groups excluding carboxylic acids is 4. The van der Waals surface area contributed by atoms with Gasteiger partial charge in [0.15, 0.2) is 5.78 Å². The minimum absolute atomic E-state index is 0.0801. The van der Waals surface area contributed by atoms with Crippen LogP contribution in [0, 0.1) is 28.1 Å². The summed E-state index contributed by atoms with van der Waals surface area (Å²) in [6.07, 6.45) is 4.12. The Kier molecular flexibility index (Phi) is 7.16. The van der Waals surface area contributed by atoms with Crippen LogP contribution in [0.3, 0.4) is 0 Å². The van der Waals surface area contributed by atoms with E-state index in [2.05, 4.69) is 0 Å². The van der Waals surface area contributed by atoms with Gasteiger partial charge < -0.3 is 23.7 Å². The molecule has 1 saturated heterocycles. The van der Waals surface area contributed by atoms with Crippen molar-refractivity contribution < 1.29 is 42.9 Å². The SMILES string of the molecule is CC=C(C)C(=O)O[C@@H]1[C@H](O)[C@H]2C(C)(C)OC(=O)C[C@H](OC(C)=O)[C@]2(C)[C@H]2CC[C@]3(C)C(=CC(=O)[C@H]3c3ccoc3)[C@]12C. The number of carbonyl (C=O) groups is 4. The number of ether oxygens (including phenoxy) is 3. The third-order valence-electron chi connectivity index (χ3n) is 11.1. The number of hydrogen-bond acceptors (Lipinski definition) is 9. The molecule has 9 heteroatoms. The van der Waals surface area contributed by atoms with Gasteiger partial charge in [-0.05, 0) is 64.2 Å². The number of rotatable bonds is 4. The van der Waals surface area contributed by atoms with Gasteiger partial charge in [-0.2, -0.15) is 0 Å². The summed E-state index contributed by atoms with van der Waals surface area (Å²) < 4.78 is 23.4. The maximum atomic E-state index is 13.8. The second-order valence-corrected chi connectivity index (χ2v) is 13.8. The standard InChI is InChI=1S/C33H42O9/c1-9-17(2)29(38)41-28-26(37)27-30(4,5)42-24(36)15-23(40-18(3)34)33(27,8)21-10-12-31(6)22(32(21,28)7)14-20(35)25(31)19-11-13-39-16-19/h9,11,13-14,16,21,23,25-28,37H,10,12,15H2,1-8H3/t21-,23-,25+,26+,27-,28+,31+,32+,33-/m0/s1. The summed E-state index contributed by atoms with van der Waals surface area (Å²) in [5.74, 6) is -3.37. The first-order chi connectivity index (χ1) is 19.5. The zero-order valence-electron chi connectivity index (χ0n) is 25.7. The molecule has 1 N–H and O–H groups in total. The lowest BCUT2D eigenvalue weighted by Crippen LogP contribution is -2.72. The van der Waals surface area contributed by atoms with E-state index in [0.29, 0.717) is 18.4 Å². The van der Waals surface area contributed by atoms with Gasteiger partial charge in [-0.25, -0.2) is 4.79 Å². The van der Waals surface area contributed by atoms with Crippen molar-refractivity contribution in [2.45, 2.75) is 104 Å². The van der Waals surface area contributed by atoms with E-state index in [1.54, 1.807) is 58.4 Å². The lowest BCUT2D eigenvalue weighted by atomic mass is 9.39. The van der Waals surface area contributed by atoms with E-state index in [4.69, 9.17) is 18.6 Å². The van der Waals surface area contributed by atoms with E-state index >= 15 is 0 Å². The lowest BCUT2D eigenvalue weighted by Gasteiger charge is -2.67. The molecule has 228 valence electrons. The van der Waals surface area contributed by atoms with E-state index in [1.807, 2.05) is 20.8 Å². The molecule has 9 atom stereocenters. The molecule has 0 radical (unpaired) electrons. The first-order valence-electron chi connectivity index (χ1n) is 14.7. The number of hydrogen-bond donors (Lipinski definition) is 1. The molecule has 9 nitrogen and oxygen atoms in total. The number of aliphatic hydroxyl groups is 1. The Balaban J connectivity index is 1.76. The van der Waals surface area contributed by atoms with Crippen LogP contribution in [0.5, 0.6) is 0 Å². The summed E-state index contributed by atoms with van der Waals surface area (Å²) in [5, 5.41) is 12.4. The van der Waals surface area contributed by atoms with E-state index in [0.717, 1.165) is 11.1 Å². The van der Waals surface area contributed by atoms with Gasteiger partial charge in [0.05, 0.1) is 31.0 Å². The van der Waals surface area contributed by atoms with Crippen LogP contribution in [0.1, 0.15) is 86.1 Å². The highest BCUT2D eigenvalue weighted by molar-refractivity contribution is 6.00. The van der Waals surface area contributed by atoms with Gasteiger partial charge in [0.1, 0.15) is 17.8 Å². The molecule has 1 aliphatic heterocycles. The van der Waals surface area contributed by atoms with Crippen LogP contribution in [0.25, 0.3) is 0 Å². The van der Waals surface area contributed by atoms with E-state index in [-0.39, 0.29) is 18.1 Å². The molecule has 0 bridgehead atoms. The molecule has 0 spiro atoms. The van der Waals surface area contributed by atoms with Crippen molar-refractivity contribution in [2.75, 3.05) is 0 Å². The average Bonchev–Trinajstić information content (AvgIpc) is 3.48. The Hall–Kier alpha value is -3.20. The second-order valence-electron chi connectivity index (χ2n) is 13.8. The van der Waals surface area contributed by atoms with E-state index in [1.165, 1.54) is 6.92 Å². The van der Waals surface area contributed by atoms with E-state index < -0.39 is 69.9 Å². The zero-order valence-corrected chi connectivity index (χ0v) is 25.7. The Morgan fingerprint density at radius 3 is 2.38 bits per heavy atom. The van der Waals surface area contributed by atoms with Crippen molar-refractivity contribution in [3.8, 4) is 0 Å². The van der Waals surface area contributed by atoms with Crippen LogP contribution in [-0.4, -0.2) is 52.7 Å². The highest BCUT2D eigenvalue weighted by Crippen LogP contribution is 2.72. The second kappa shape index (κ2) is 9.93. The smallest absolute Gasteiger partial charge is 0.333 e. The minimum Gasteiger partial charge on any atom is -0.472 e. The predicted octanol–water partition coefficient (Wildman–Crippen LogP) is 4.83. The number of fused-ring (bicyclic) bond motifs is 5. The molecular weight excluding hydrogens is 540 g/mol. The summed E-state index contributed by atoms with van der Waals surface area (Å²) in [6.45, 7) is 14.1. The molecule has 0 aromatic carbocycles. The van der Waals surface area contributed by atoms with Crippen molar-refractivity contribution in [1.29, 1.82) is 0 Å². The molecule has 5 rings (SSSR count). The summed E-state index contributed by atoms with van der Waals surface area (Å²) in [4.78, 5) is 52.7. The predicted molar refractivity (Wildman–Crippen MR) is 151 cm³/mol. The van der Waals surface area contributed by atoms with Crippen molar-refractivity contribution in [2.24, 2.45) is 28.1 Å². The fourth-order valence-corrected chi connectivity index (χ4v) is 9.48. The number of allylic oxidation sites excluding steroid dienone is 2. The van der Waals surface area contributed by atoms with Gasteiger partial charge in [0, 0.05) is 40.2 Å². The molecule has 0 amide bonds. The molecule has 1 aromatic heterocycles. The molecule has 4 aliphatic rings. The normalized spacial score (nSPS) is 41.0. The highest BCUT2D eigenvalue weighted by atomic mass is 16.6. The van der Waals surface area contributed by atoms with Crippen molar-refractivity contribution in [3.63, 3.8) is 0 Å². The van der Waals surface area contributed by atoms with Gasteiger partial charge in [0.2, 0.25) is 0 Å². The zero-order chi connectivity index (χ0) is 31.0. The number of aliphatic hydroxyl groups excluding tert-OH is 1. The highest BCUT2D eigenvalue weighted by Gasteiger charge is 2.74. The van der Waals surface area contributed by atoms with Crippen LogP contribution in [0.4, 0.5) is 0 Å². The van der Waals surface area contributed by atoms with Crippen LogP contribution in [-0.2, 0) is 33.4 Å². The molecule has 3 aliphatic carbocycles. The van der Waals surface area contributed by atoms with Crippen LogP contribution in [0.15, 0.2) is 46.3 Å². The Morgan fingerprint density at radius 1 is 1.10 bits per heavy atom. The van der Waals surface area contributed by atoms with Gasteiger partial charge in [0.25, 0.3) is 0 Å². The number of cyclic esters (lactones) is 1. The largest absolute Gasteiger partial charge is 0.472 e. The Labute approximate surface area is 246 Å². The average molecular weight is 583 g/mol. The third kappa shape index (κ3) is 4.13. The maximum Gasteiger partial charge on any atom is 0.333 e.